The van der Waals surface area contributed by atoms with Crippen LogP contribution < -0.4 is 5.32 Å². The number of carbonyl (C=O) groups excluding carboxylic acids is 1. The van der Waals surface area contributed by atoms with Gasteiger partial charge in [-0.25, -0.2) is 4.79 Å². The topological polar surface area (TPSA) is 102 Å². The third-order valence-electron chi connectivity index (χ3n) is 3.49. The summed E-state index contributed by atoms with van der Waals surface area (Å²) < 4.78 is 3.03. The van der Waals surface area contributed by atoms with Crippen LogP contribution >= 0.6 is 0 Å². The second-order valence-electron chi connectivity index (χ2n) is 5.53. The van der Waals surface area contributed by atoms with E-state index in [-0.39, 0.29) is 5.91 Å². The maximum atomic E-state index is 11.9. The molecule has 0 saturated carbocycles. The molecule has 0 spiro atoms. The molecule has 0 unspecified atom stereocenters. The average Bonchev–Trinajstić information content (AvgIpc) is 3.06. The molecular formula is C14H19N5O3. The number of aryl methyl sites for hydroxylation is 2. The van der Waals surface area contributed by atoms with Crippen molar-refractivity contribution in [1.29, 1.82) is 0 Å². The molecule has 0 aliphatic heterocycles. The molecule has 2 aromatic rings. The van der Waals surface area contributed by atoms with E-state index in [9.17, 15) is 9.59 Å². The van der Waals surface area contributed by atoms with Gasteiger partial charge in [0.2, 0.25) is 5.91 Å². The number of carboxylic acids is 1. The molecule has 2 heterocycles. The van der Waals surface area contributed by atoms with Gasteiger partial charge in [-0.05, 0) is 26.3 Å². The van der Waals surface area contributed by atoms with Crippen LogP contribution in [0.4, 0.5) is 5.69 Å². The molecule has 8 nitrogen and oxygen atoms in total. The van der Waals surface area contributed by atoms with Gasteiger partial charge in [0.05, 0.1) is 11.9 Å². The summed E-state index contributed by atoms with van der Waals surface area (Å²) in [5.74, 6) is -1.15. The van der Waals surface area contributed by atoms with Crippen molar-refractivity contribution in [1.82, 2.24) is 19.6 Å². The van der Waals surface area contributed by atoms with Gasteiger partial charge in [-0.3, -0.25) is 14.2 Å². The van der Waals surface area contributed by atoms with Crippen molar-refractivity contribution >= 4 is 17.6 Å². The highest BCUT2D eigenvalue weighted by atomic mass is 16.4. The van der Waals surface area contributed by atoms with E-state index >= 15 is 0 Å². The lowest BCUT2D eigenvalue weighted by Crippen LogP contribution is -2.35. The van der Waals surface area contributed by atoms with Crippen LogP contribution in [0, 0.1) is 0 Å². The molecule has 0 bridgehead atoms. The smallest absolute Gasteiger partial charge is 0.331 e. The van der Waals surface area contributed by atoms with Gasteiger partial charge in [-0.2, -0.15) is 10.2 Å². The van der Waals surface area contributed by atoms with E-state index in [1.807, 2.05) is 13.1 Å². The Bertz CT molecular complexity index is 686. The maximum absolute atomic E-state index is 11.9. The first-order chi connectivity index (χ1) is 10.3. The molecular weight excluding hydrogens is 286 g/mol. The molecule has 0 fully saturated rings. The Balaban J connectivity index is 1.94. The monoisotopic (exact) mass is 305 g/mol. The molecule has 0 aromatic carbocycles. The Hall–Kier alpha value is -2.64. The zero-order chi connectivity index (χ0) is 16.3. The third kappa shape index (κ3) is 3.33. The number of anilines is 1. The number of carboxylic acid groups (broad SMARTS) is 1. The first-order valence-electron chi connectivity index (χ1n) is 6.86. The van der Waals surface area contributed by atoms with Gasteiger partial charge in [0.1, 0.15) is 0 Å². The van der Waals surface area contributed by atoms with E-state index in [4.69, 9.17) is 5.11 Å². The summed E-state index contributed by atoms with van der Waals surface area (Å²) >= 11 is 0. The Morgan fingerprint density at radius 3 is 2.68 bits per heavy atom. The number of aliphatic carboxylic acids is 1. The Morgan fingerprint density at radius 2 is 2.09 bits per heavy atom. The highest BCUT2D eigenvalue weighted by molar-refractivity contribution is 5.90. The van der Waals surface area contributed by atoms with Crippen LogP contribution in [0.25, 0.3) is 0 Å². The van der Waals surface area contributed by atoms with Gasteiger partial charge in [0.15, 0.2) is 5.54 Å². The lowest BCUT2D eigenvalue weighted by Gasteiger charge is -2.19. The van der Waals surface area contributed by atoms with Crippen LogP contribution in [0.15, 0.2) is 24.7 Å². The molecule has 0 radical (unpaired) electrons. The van der Waals surface area contributed by atoms with Gasteiger partial charge >= 0.3 is 5.97 Å². The predicted octanol–water partition coefficient (Wildman–Crippen LogP) is 1.01. The molecule has 2 N–H and O–H groups in total. The van der Waals surface area contributed by atoms with Crippen LogP contribution in [0.2, 0.25) is 0 Å². The van der Waals surface area contributed by atoms with E-state index in [0.29, 0.717) is 18.5 Å². The minimum atomic E-state index is -1.17. The van der Waals surface area contributed by atoms with Crippen molar-refractivity contribution < 1.29 is 14.7 Å². The number of nitrogens with one attached hydrogen (secondary N) is 1. The molecule has 0 aliphatic carbocycles. The van der Waals surface area contributed by atoms with Crippen molar-refractivity contribution in [2.24, 2.45) is 7.05 Å². The SMILES string of the molecule is Cn1nccc1CCC(=O)Nc1cnn(C(C)(C)C(=O)O)c1. The van der Waals surface area contributed by atoms with E-state index < -0.39 is 11.5 Å². The van der Waals surface area contributed by atoms with Crippen molar-refractivity contribution in [3.05, 3.63) is 30.4 Å². The molecule has 22 heavy (non-hydrogen) atoms. The fraction of sp³-hybridized carbons (Fsp3) is 0.429. The van der Waals surface area contributed by atoms with Gasteiger partial charge in [-0.1, -0.05) is 0 Å². The maximum Gasteiger partial charge on any atom is 0.331 e. The zero-order valence-electron chi connectivity index (χ0n) is 12.8. The highest BCUT2D eigenvalue weighted by Gasteiger charge is 2.30. The number of rotatable bonds is 6. The van der Waals surface area contributed by atoms with Crippen LogP contribution in [0.1, 0.15) is 26.0 Å². The molecule has 2 aromatic heterocycles. The Labute approximate surface area is 127 Å². The molecule has 118 valence electrons. The summed E-state index contributed by atoms with van der Waals surface area (Å²) in [6, 6.07) is 1.86. The van der Waals surface area contributed by atoms with Crippen molar-refractivity contribution in [3.8, 4) is 0 Å². The van der Waals surface area contributed by atoms with E-state index in [0.717, 1.165) is 5.69 Å². The zero-order valence-corrected chi connectivity index (χ0v) is 12.8. The number of amides is 1. The van der Waals surface area contributed by atoms with Gasteiger partial charge in [-0.15, -0.1) is 0 Å². The summed E-state index contributed by atoms with van der Waals surface area (Å²) in [7, 11) is 1.82. The van der Waals surface area contributed by atoms with Crippen LogP contribution in [-0.4, -0.2) is 36.5 Å². The van der Waals surface area contributed by atoms with Crippen molar-refractivity contribution in [2.75, 3.05) is 5.32 Å². The first kappa shape index (κ1) is 15.7. The average molecular weight is 305 g/mol. The summed E-state index contributed by atoms with van der Waals surface area (Å²) in [6.07, 6.45) is 5.53. The van der Waals surface area contributed by atoms with Gasteiger partial charge in [0, 0.05) is 31.6 Å². The summed E-state index contributed by atoms with van der Waals surface area (Å²) in [5, 5.41) is 19.9. The van der Waals surface area contributed by atoms with E-state index in [1.54, 1.807) is 10.9 Å². The van der Waals surface area contributed by atoms with E-state index in [2.05, 4.69) is 15.5 Å². The van der Waals surface area contributed by atoms with Crippen LogP contribution in [-0.2, 0) is 28.6 Å². The molecule has 2 rings (SSSR count). The standard InChI is InChI=1S/C14H19N5O3/c1-14(2,13(21)22)19-9-10(8-16-19)17-12(20)5-4-11-6-7-15-18(11)3/h6-9H,4-5H2,1-3H3,(H,17,20)(H,21,22). The number of nitrogens with zero attached hydrogens (tertiary/aromatic N) is 4. The number of hydrogen-bond donors (Lipinski definition) is 2. The molecule has 8 heteroatoms. The minimum absolute atomic E-state index is 0.158. The minimum Gasteiger partial charge on any atom is -0.479 e. The second kappa shape index (κ2) is 6.00. The summed E-state index contributed by atoms with van der Waals surface area (Å²) in [5.41, 5.74) is 0.278. The number of carbonyl (C=O) groups is 2. The number of hydrogen-bond acceptors (Lipinski definition) is 4. The normalized spacial score (nSPS) is 11.4. The fourth-order valence-corrected chi connectivity index (χ4v) is 1.90. The fourth-order valence-electron chi connectivity index (χ4n) is 1.90. The van der Waals surface area contributed by atoms with Crippen molar-refractivity contribution in [2.45, 2.75) is 32.2 Å². The quantitative estimate of drug-likeness (QED) is 0.829. The molecule has 0 saturated heterocycles. The summed E-state index contributed by atoms with van der Waals surface area (Å²) in [4.78, 5) is 23.1. The lowest BCUT2D eigenvalue weighted by molar-refractivity contribution is -0.146. The van der Waals surface area contributed by atoms with Gasteiger partial charge in [0.25, 0.3) is 0 Å². The lowest BCUT2D eigenvalue weighted by atomic mass is 10.1. The molecule has 1 amide bonds. The van der Waals surface area contributed by atoms with Crippen LogP contribution in [0.5, 0.6) is 0 Å². The molecule has 0 aliphatic rings. The first-order valence-corrected chi connectivity index (χ1v) is 6.86. The Kier molecular flexibility index (Phi) is 4.30. The van der Waals surface area contributed by atoms with Crippen molar-refractivity contribution in [3.63, 3.8) is 0 Å². The van der Waals surface area contributed by atoms with E-state index in [1.165, 1.54) is 30.9 Å². The largest absolute Gasteiger partial charge is 0.479 e. The molecule has 0 atom stereocenters. The highest BCUT2D eigenvalue weighted by Crippen LogP contribution is 2.17. The van der Waals surface area contributed by atoms with Crippen LogP contribution in [0.3, 0.4) is 0 Å². The number of aromatic nitrogens is 4. The summed E-state index contributed by atoms with van der Waals surface area (Å²) in [6.45, 7) is 3.08. The van der Waals surface area contributed by atoms with Gasteiger partial charge < -0.3 is 10.4 Å². The predicted molar refractivity (Wildman–Crippen MR) is 79.3 cm³/mol. The third-order valence-corrected chi connectivity index (χ3v) is 3.49. The Morgan fingerprint density at radius 1 is 1.36 bits per heavy atom. The second-order valence-corrected chi connectivity index (χ2v) is 5.53.